The van der Waals surface area contributed by atoms with Gasteiger partial charge in [-0.05, 0) is 6.92 Å². The molecular weight excluding hydrogens is 268 g/mol. The van der Waals surface area contributed by atoms with Crippen LogP contribution >= 0.6 is 11.8 Å². The maximum absolute atomic E-state index is 12.2. The molecule has 2 atom stereocenters. The van der Waals surface area contributed by atoms with Crippen molar-refractivity contribution in [2.24, 2.45) is 5.41 Å². The molecule has 0 aromatic heterocycles. The molecule has 1 aliphatic heterocycles. The van der Waals surface area contributed by atoms with Crippen LogP contribution in [0.5, 0.6) is 0 Å². The number of hydrogen-bond acceptors (Lipinski definition) is 4. The number of carboxylic acids is 1. The fourth-order valence-electron chi connectivity index (χ4n) is 1.66. The molecule has 1 saturated heterocycles. The van der Waals surface area contributed by atoms with E-state index < -0.39 is 29.4 Å². The summed E-state index contributed by atoms with van der Waals surface area (Å²) in [6.45, 7) is 6.80. The molecule has 1 fully saturated rings. The quantitative estimate of drug-likeness (QED) is 0.791. The summed E-state index contributed by atoms with van der Waals surface area (Å²) in [5.41, 5.74) is -0.554. The first kappa shape index (κ1) is 15.8. The number of amides is 2. The second-order valence-electron chi connectivity index (χ2n) is 5.61. The number of carbonyl (C=O) groups excluding carboxylic acids is 2. The van der Waals surface area contributed by atoms with E-state index in [0.29, 0.717) is 11.6 Å². The van der Waals surface area contributed by atoms with Crippen LogP contribution in [-0.4, -0.2) is 51.5 Å². The van der Waals surface area contributed by atoms with Crippen LogP contribution in [0.1, 0.15) is 27.7 Å². The van der Waals surface area contributed by atoms with Crippen LogP contribution in [0.4, 0.5) is 0 Å². The average molecular weight is 288 g/mol. The Balaban J connectivity index is 2.74. The molecule has 0 saturated carbocycles. The number of nitrogens with one attached hydrogen (secondary N) is 1. The Morgan fingerprint density at radius 2 is 1.95 bits per heavy atom. The summed E-state index contributed by atoms with van der Waals surface area (Å²) in [5.74, 6) is -0.624. The van der Waals surface area contributed by atoms with E-state index in [2.05, 4.69) is 5.32 Å². The van der Waals surface area contributed by atoms with Gasteiger partial charge in [0.05, 0.1) is 5.88 Å². The van der Waals surface area contributed by atoms with Gasteiger partial charge in [-0.2, -0.15) is 0 Å². The largest absolute Gasteiger partial charge is 0.480 e. The van der Waals surface area contributed by atoms with Gasteiger partial charge in [0.2, 0.25) is 11.8 Å². The number of carboxylic acid groups (broad SMARTS) is 1. The molecule has 0 spiro atoms. The topological polar surface area (TPSA) is 86.7 Å². The predicted octanol–water partition coefficient (Wildman–Crippen LogP) is 0.523. The first-order valence-corrected chi connectivity index (χ1v) is 7.22. The number of carbonyl (C=O) groups is 3. The van der Waals surface area contributed by atoms with Crippen LogP contribution in [0.25, 0.3) is 0 Å². The van der Waals surface area contributed by atoms with Crippen molar-refractivity contribution in [3.8, 4) is 0 Å². The highest BCUT2D eigenvalue weighted by Gasteiger charge is 2.39. The van der Waals surface area contributed by atoms with Crippen LogP contribution in [0, 0.1) is 5.41 Å². The number of aliphatic carboxylic acids is 1. The standard InChI is InChI=1S/C12H20N2O4S/c1-7(10(16)17)13-9(15)8-5-19-6-14(8)11(18)12(2,3)4/h7-8H,5-6H2,1-4H3,(H,13,15)(H,16,17). The first-order chi connectivity index (χ1) is 8.64. The van der Waals surface area contributed by atoms with Gasteiger partial charge in [-0.3, -0.25) is 14.4 Å². The minimum absolute atomic E-state index is 0.0966. The molecule has 1 rings (SSSR count). The SMILES string of the molecule is CC(NC(=O)C1CSCN1C(=O)C(C)(C)C)C(=O)O. The van der Waals surface area contributed by atoms with E-state index in [4.69, 9.17) is 5.11 Å². The van der Waals surface area contributed by atoms with Gasteiger partial charge in [0.1, 0.15) is 12.1 Å². The minimum atomic E-state index is -1.09. The van der Waals surface area contributed by atoms with Crippen LogP contribution in [0.15, 0.2) is 0 Å². The van der Waals surface area contributed by atoms with Crippen LogP contribution in [0.2, 0.25) is 0 Å². The van der Waals surface area contributed by atoms with Crippen LogP contribution in [0.3, 0.4) is 0 Å². The zero-order chi connectivity index (χ0) is 14.8. The lowest BCUT2D eigenvalue weighted by molar-refractivity contribution is -0.146. The molecular formula is C12H20N2O4S. The van der Waals surface area contributed by atoms with E-state index in [1.54, 1.807) is 20.8 Å². The fourth-order valence-corrected chi connectivity index (χ4v) is 2.82. The van der Waals surface area contributed by atoms with Gasteiger partial charge in [0, 0.05) is 11.2 Å². The Hall–Kier alpha value is -1.24. The maximum atomic E-state index is 12.2. The van der Waals surface area contributed by atoms with Crippen molar-refractivity contribution in [3.63, 3.8) is 0 Å². The molecule has 2 amide bonds. The summed E-state index contributed by atoms with van der Waals surface area (Å²) in [5, 5.41) is 11.2. The van der Waals surface area contributed by atoms with Gasteiger partial charge in [0.15, 0.2) is 0 Å². The van der Waals surface area contributed by atoms with Gasteiger partial charge in [-0.15, -0.1) is 11.8 Å². The Morgan fingerprint density at radius 1 is 1.37 bits per heavy atom. The van der Waals surface area contributed by atoms with Crippen molar-refractivity contribution >= 4 is 29.5 Å². The van der Waals surface area contributed by atoms with Crippen LogP contribution < -0.4 is 5.32 Å². The van der Waals surface area contributed by atoms with E-state index in [0.717, 1.165) is 0 Å². The van der Waals surface area contributed by atoms with Crippen molar-refractivity contribution in [1.29, 1.82) is 0 Å². The molecule has 19 heavy (non-hydrogen) atoms. The third kappa shape index (κ3) is 3.86. The highest BCUT2D eigenvalue weighted by Crippen LogP contribution is 2.27. The molecule has 108 valence electrons. The van der Waals surface area contributed by atoms with Crippen molar-refractivity contribution in [3.05, 3.63) is 0 Å². The zero-order valence-electron chi connectivity index (χ0n) is 11.6. The summed E-state index contributed by atoms with van der Waals surface area (Å²) in [6, 6.07) is -1.54. The van der Waals surface area contributed by atoms with Crippen LogP contribution in [-0.2, 0) is 14.4 Å². The van der Waals surface area contributed by atoms with Crippen molar-refractivity contribution in [2.75, 3.05) is 11.6 Å². The molecule has 0 radical (unpaired) electrons. The van der Waals surface area contributed by atoms with Crippen molar-refractivity contribution in [2.45, 2.75) is 39.8 Å². The smallest absolute Gasteiger partial charge is 0.325 e. The molecule has 6 nitrogen and oxygen atoms in total. The minimum Gasteiger partial charge on any atom is -0.480 e. The molecule has 0 aliphatic carbocycles. The Labute approximate surface area is 116 Å². The summed E-state index contributed by atoms with van der Waals surface area (Å²) >= 11 is 1.50. The van der Waals surface area contributed by atoms with Crippen molar-refractivity contribution < 1.29 is 19.5 Å². The third-order valence-corrected chi connectivity index (χ3v) is 3.83. The Kier molecular flexibility index (Phi) is 4.84. The predicted molar refractivity (Wildman–Crippen MR) is 72.7 cm³/mol. The molecule has 0 aromatic carbocycles. The third-order valence-electron chi connectivity index (χ3n) is 2.82. The van der Waals surface area contributed by atoms with E-state index in [1.165, 1.54) is 23.6 Å². The molecule has 2 unspecified atom stereocenters. The monoisotopic (exact) mass is 288 g/mol. The number of thioether (sulfide) groups is 1. The first-order valence-electron chi connectivity index (χ1n) is 6.06. The van der Waals surface area contributed by atoms with Gasteiger partial charge >= 0.3 is 5.97 Å². The summed E-state index contributed by atoms with van der Waals surface area (Å²) in [7, 11) is 0. The Bertz CT molecular complexity index is 392. The fraction of sp³-hybridized carbons (Fsp3) is 0.750. The number of hydrogen-bond donors (Lipinski definition) is 2. The Morgan fingerprint density at radius 3 is 2.42 bits per heavy atom. The highest BCUT2D eigenvalue weighted by atomic mass is 32.2. The molecule has 0 bridgehead atoms. The zero-order valence-corrected chi connectivity index (χ0v) is 12.4. The summed E-state index contributed by atoms with van der Waals surface area (Å²) < 4.78 is 0. The number of nitrogens with zero attached hydrogens (tertiary/aromatic N) is 1. The van der Waals surface area contributed by atoms with Gasteiger partial charge < -0.3 is 15.3 Å². The number of rotatable bonds is 3. The van der Waals surface area contributed by atoms with E-state index >= 15 is 0 Å². The van der Waals surface area contributed by atoms with E-state index in [1.807, 2.05) is 0 Å². The molecule has 1 heterocycles. The molecule has 0 aromatic rings. The highest BCUT2D eigenvalue weighted by molar-refractivity contribution is 7.99. The average Bonchev–Trinajstić information content (AvgIpc) is 2.74. The lowest BCUT2D eigenvalue weighted by Crippen LogP contribution is -2.53. The van der Waals surface area contributed by atoms with Gasteiger partial charge in [-0.1, -0.05) is 20.8 Å². The summed E-state index contributed by atoms with van der Waals surface area (Å²) in [4.78, 5) is 36.5. The van der Waals surface area contributed by atoms with Crippen molar-refractivity contribution in [1.82, 2.24) is 10.2 Å². The van der Waals surface area contributed by atoms with E-state index in [-0.39, 0.29) is 5.91 Å². The molecule has 7 heteroatoms. The second kappa shape index (κ2) is 5.81. The lowest BCUT2D eigenvalue weighted by atomic mass is 9.94. The maximum Gasteiger partial charge on any atom is 0.325 e. The van der Waals surface area contributed by atoms with Gasteiger partial charge in [-0.25, -0.2) is 0 Å². The normalized spacial score (nSPS) is 21.1. The van der Waals surface area contributed by atoms with E-state index in [9.17, 15) is 14.4 Å². The summed E-state index contributed by atoms with van der Waals surface area (Å²) in [6.07, 6.45) is 0. The second-order valence-corrected chi connectivity index (χ2v) is 6.61. The lowest BCUT2D eigenvalue weighted by Gasteiger charge is -2.29. The molecule has 1 aliphatic rings. The molecule has 2 N–H and O–H groups in total. The van der Waals surface area contributed by atoms with Gasteiger partial charge in [0.25, 0.3) is 0 Å².